The Morgan fingerprint density at radius 2 is 1.12 bits per heavy atom. The van der Waals surface area contributed by atoms with Crippen LogP contribution in [0.1, 0.15) is 56.7 Å². The molecule has 4 amide bonds. The topological polar surface area (TPSA) is 127 Å². The van der Waals surface area contributed by atoms with Gasteiger partial charge in [0.2, 0.25) is 0 Å². The van der Waals surface area contributed by atoms with Crippen molar-refractivity contribution < 1.29 is 38.1 Å². The minimum Gasteiger partial charge on any atom is -0.445 e. The zero-order valence-electron chi connectivity index (χ0n) is 29.1. The van der Waals surface area contributed by atoms with E-state index in [1.807, 2.05) is 91.0 Å². The molecule has 1 heterocycles. The van der Waals surface area contributed by atoms with E-state index >= 15 is 0 Å². The van der Waals surface area contributed by atoms with Gasteiger partial charge in [0.05, 0.1) is 13.2 Å². The number of hydrogen-bond acceptors (Lipinski definition) is 8. The lowest BCUT2D eigenvalue weighted by atomic mass is 10.2. The average Bonchev–Trinajstić information content (AvgIpc) is 3.11. The molecule has 3 aromatic rings. The Labute approximate surface area is 294 Å². The van der Waals surface area contributed by atoms with Crippen molar-refractivity contribution in [3.63, 3.8) is 0 Å². The van der Waals surface area contributed by atoms with Crippen LogP contribution in [0.4, 0.5) is 14.4 Å². The Morgan fingerprint density at radius 1 is 0.640 bits per heavy atom. The number of hydrogen-bond donors (Lipinski definition) is 1. The predicted molar refractivity (Wildman–Crippen MR) is 186 cm³/mol. The van der Waals surface area contributed by atoms with Gasteiger partial charge in [-0.05, 0) is 56.7 Å². The van der Waals surface area contributed by atoms with E-state index in [-0.39, 0.29) is 46.1 Å². The van der Waals surface area contributed by atoms with Gasteiger partial charge in [-0.2, -0.15) is 0 Å². The maximum absolute atomic E-state index is 14.3. The van der Waals surface area contributed by atoms with Gasteiger partial charge in [-0.15, -0.1) is 0 Å². The molecule has 1 aliphatic heterocycles. The summed E-state index contributed by atoms with van der Waals surface area (Å²) in [5.41, 5.74) is 1.75. The lowest BCUT2D eigenvalue weighted by molar-refractivity contribution is -0.151. The molecule has 0 aromatic heterocycles. The monoisotopic (exact) mass is 688 g/mol. The van der Waals surface area contributed by atoms with Gasteiger partial charge in [0.25, 0.3) is 5.91 Å². The highest BCUT2D eigenvalue weighted by molar-refractivity contribution is 5.87. The van der Waals surface area contributed by atoms with Crippen molar-refractivity contribution >= 4 is 24.2 Å². The quantitative estimate of drug-likeness (QED) is 0.246. The predicted octanol–water partition coefficient (Wildman–Crippen LogP) is 6.30. The zero-order chi connectivity index (χ0) is 35.8. The van der Waals surface area contributed by atoms with Crippen LogP contribution >= 0.6 is 0 Å². The number of carbonyl (C=O) groups is 4. The molecule has 0 saturated carbocycles. The van der Waals surface area contributed by atoms with Crippen LogP contribution in [0.5, 0.6) is 0 Å². The molecule has 0 bridgehead atoms. The Balaban J connectivity index is 1.51. The van der Waals surface area contributed by atoms with Crippen molar-refractivity contribution in [2.45, 2.75) is 71.5 Å². The molecule has 0 spiro atoms. The second-order valence-electron chi connectivity index (χ2n) is 12.9. The number of ether oxygens (including phenoxy) is 4. The molecule has 0 unspecified atom stereocenters. The van der Waals surface area contributed by atoms with Gasteiger partial charge in [0, 0.05) is 26.2 Å². The molecule has 0 radical (unpaired) electrons. The van der Waals surface area contributed by atoms with Crippen LogP contribution in [-0.4, -0.2) is 83.5 Å². The highest BCUT2D eigenvalue weighted by Gasteiger charge is 2.35. The van der Waals surface area contributed by atoms with Gasteiger partial charge in [0.15, 0.2) is 0 Å². The van der Waals surface area contributed by atoms with Gasteiger partial charge in [0.1, 0.15) is 24.9 Å². The highest BCUT2D eigenvalue weighted by atomic mass is 16.6. The Kier molecular flexibility index (Phi) is 14.5. The molecule has 268 valence electrons. The number of hydrazine groups is 1. The third-order valence-corrected chi connectivity index (χ3v) is 7.66. The number of benzene rings is 3. The fraction of sp³-hybridized carbons (Fsp3) is 0.421. The summed E-state index contributed by atoms with van der Waals surface area (Å²) in [6, 6.07) is 26.9. The number of nitrogens with one attached hydrogen (secondary N) is 1. The Hall–Kier alpha value is -5.10. The fourth-order valence-corrected chi connectivity index (χ4v) is 5.21. The first-order valence-corrected chi connectivity index (χ1v) is 17.0. The van der Waals surface area contributed by atoms with Gasteiger partial charge in [-0.1, -0.05) is 91.0 Å². The molecule has 1 atom stereocenters. The number of amides is 4. The molecule has 50 heavy (non-hydrogen) atoms. The van der Waals surface area contributed by atoms with Crippen molar-refractivity contribution in [3.8, 4) is 0 Å². The Bertz CT molecular complexity index is 1500. The smallest absolute Gasteiger partial charge is 0.429 e. The first-order chi connectivity index (χ1) is 24.1. The summed E-state index contributed by atoms with van der Waals surface area (Å²) in [6.07, 6.45) is -0.658. The zero-order valence-corrected chi connectivity index (χ0v) is 29.1. The molecule has 1 saturated heterocycles. The lowest BCUT2D eigenvalue weighted by Gasteiger charge is -2.37. The van der Waals surface area contributed by atoms with E-state index in [2.05, 4.69) is 5.32 Å². The summed E-state index contributed by atoms with van der Waals surface area (Å²) >= 11 is 0. The van der Waals surface area contributed by atoms with Crippen LogP contribution < -0.4 is 5.32 Å². The van der Waals surface area contributed by atoms with Crippen LogP contribution in [0, 0.1) is 0 Å². The first kappa shape index (κ1) is 37.7. The van der Waals surface area contributed by atoms with Crippen LogP contribution in [0.3, 0.4) is 0 Å². The van der Waals surface area contributed by atoms with Gasteiger partial charge in [-0.25, -0.2) is 24.4 Å². The van der Waals surface area contributed by atoms with Gasteiger partial charge < -0.3 is 29.2 Å². The molecular formula is C38H48N4O8. The third kappa shape index (κ3) is 12.7. The summed E-state index contributed by atoms with van der Waals surface area (Å²) < 4.78 is 22.6. The number of alkyl carbamates (subject to hydrolysis) is 1. The average molecular weight is 689 g/mol. The molecule has 4 rings (SSSR count). The third-order valence-electron chi connectivity index (χ3n) is 7.66. The van der Waals surface area contributed by atoms with Gasteiger partial charge >= 0.3 is 18.3 Å². The van der Waals surface area contributed by atoms with Crippen LogP contribution in [0.25, 0.3) is 0 Å². The highest BCUT2D eigenvalue weighted by Crippen LogP contribution is 2.16. The molecule has 1 N–H and O–H groups in total. The maximum Gasteiger partial charge on any atom is 0.429 e. The minimum atomic E-state index is -1.18. The van der Waals surface area contributed by atoms with E-state index in [1.165, 1.54) is 10.0 Å². The lowest BCUT2D eigenvalue weighted by Crippen LogP contribution is -2.59. The van der Waals surface area contributed by atoms with Crippen molar-refractivity contribution in [1.29, 1.82) is 0 Å². The SMILES string of the molecule is CC(C)(C)OC(=O)N[C@@H](COCc1ccccc1)C(=O)N1CCCCN(C(=O)OCc2ccccc2)CCCN1C(=O)OCc1ccccc1. The number of rotatable bonds is 10. The van der Waals surface area contributed by atoms with Crippen LogP contribution in [0.2, 0.25) is 0 Å². The largest absolute Gasteiger partial charge is 0.445 e. The molecule has 1 aliphatic rings. The summed E-state index contributed by atoms with van der Waals surface area (Å²) in [6.45, 7) is 6.25. The van der Waals surface area contributed by atoms with E-state index in [0.717, 1.165) is 16.7 Å². The van der Waals surface area contributed by atoms with E-state index in [1.54, 1.807) is 25.7 Å². The molecular weight excluding hydrogens is 640 g/mol. The van der Waals surface area contributed by atoms with Gasteiger partial charge in [-0.3, -0.25) is 4.79 Å². The minimum absolute atomic E-state index is 0.00405. The van der Waals surface area contributed by atoms with Crippen LogP contribution in [0.15, 0.2) is 91.0 Å². The number of nitrogens with zero attached hydrogens (tertiary/aromatic N) is 3. The summed E-state index contributed by atoms with van der Waals surface area (Å²) in [5, 5.41) is 5.24. The van der Waals surface area contributed by atoms with Crippen molar-refractivity contribution in [2.24, 2.45) is 0 Å². The van der Waals surface area contributed by atoms with E-state index < -0.39 is 35.8 Å². The fourth-order valence-electron chi connectivity index (χ4n) is 5.21. The van der Waals surface area contributed by atoms with Crippen molar-refractivity contribution in [2.75, 3.05) is 32.8 Å². The molecule has 1 fully saturated rings. The summed E-state index contributed by atoms with van der Waals surface area (Å²) in [4.78, 5) is 55.6. The first-order valence-electron chi connectivity index (χ1n) is 17.0. The normalized spacial score (nSPS) is 14.7. The van der Waals surface area contributed by atoms with E-state index in [4.69, 9.17) is 18.9 Å². The molecule has 3 aromatic carbocycles. The summed E-state index contributed by atoms with van der Waals surface area (Å²) in [7, 11) is 0. The van der Waals surface area contributed by atoms with E-state index in [9.17, 15) is 19.2 Å². The standard InChI is InChI=1S/C38H48N4O8/c1-38(2,3)50-35(44)39-33(29-47-26-30-16-7-4-8-17-30)34(43)41-24-14-13-22-40(36(45)48-27-31-18-9-5-10-19-31)23-15-25-42(41)37(46)49-28-32-20-11-6-12-21-32/h4-12,16-21,33H,13-15,22-29H2,1-3H3,(H,39,44)/t33-/m0/s1. The van der Waals surface area contributed by atoms with Crippen molar-refractivity contribution in [3.05, 3.63) is 108 Å². The second kappa shape index (κ2) is 19.2. The Morgan fingerprint density at radius 3 is 1.68 bits per heavy atom. The van der Waals surface area contributed by atoms with Crippen molar-refractivity contribution in [1.82, 2.24) is 20.2 Å². The molecule has 12 nitrogen and oxygen atoms in total. The van der Waals surface area contributed by atoms with E-state index in [0.29, 0.717) is 25.8 Å². The van der Waals surface area contributed by atoms with Crippen LogP contribution in [-0.2, 0) is 43.6 Å². The molecule has 0 aliphatic carbocycles. The summed E-state index contributed by atoms with van der Waals surface area (Å²) in [5.74, 6) is -0.555. The molecule has 12 heteroatoms. The number of carbonyl (C=O) groups excluding carboxylic acids is 4. The second-order valence-corrected chi connectivity index (χ2v) is 12.9. The maximum atomic E-state index is 14.3.